The van der Waals surface area contributed by atoms with E-state index in [1.165, 1.54) is 42.4 Å². The zero-order chi connectivity index (χ0) is 24.5. The number of anilines is 1. The molecule has 0 amide bonds. The third-order valence-corrected chi connectivity index (χ3v) is 7.64. The van der Waals surface area contributed by atoms with Crippen LogP contribution in [0.15, 0.2) is 77.9 Å². The van der Waals surface area contributed by atoms with Gasteiger partial charge in [-0.05, 0) is 67.0 Å². The Kier molecular flexibility index (Phi) is 9.19. The van der Waals surface area contributed by atoms with Gasteiger partial charge in [0.05, 0.1) is 18.7 Å². The summed E-state index contributed by atoms with van der Waals surface area (Å²) in [6, 6.07) is 18.0. The zero-order valence-corrected chi connectivity index (χ0v) is 22.1. The van der Waals surface area contributed by atoms with Crippen molar-refractivity contribution in [3.05, 3.63) is 105 Å². The summed E-state index contributed by atoms with van der Waals surface area (Å²) in [5.41, 5.74) is 6.25. The second-order valence-corrected chi connectivity index (χ2v) is 10.2. The quantitative estimate of drug-likeness (QED) is 0.278. The lowest BCUT2D eigenvalue weighted by molar-refractivity contribution is 0.261. The molecule has 2 unspecified atom stereocenters. The number of unbranched alkanes of at least 4 members (excludes halogenated alkanes) is 2. The van der Waals surface area contributed by atoms with Gasteiger partial charge in [0, 0.05) is 11.1 Å². The van der Waals surface area contributed by atoms with Crippen LogP contribution in [0.25, 0.3) is 0 Å². The number of benzene rings is 2. The molecule has 3 aromatic rings. The van der Waals surface area contributed by atoms with Gasteiger partial charge < -0.3 is 10.1 Å². The fourth-order valence-electron chi connectivity index (χ4n) is 4.54. The summed E-state index contributed by atoms with van der Waals surface area (Å²) in [5, 5.41) is 7.07. The molecule has 0 aliphatic heterocycles. The molecule has 4 heteroatoms. The lowest BCUT2D eigenvalue weighted by atomic mass is 9.95. The highest BCUT2D eigenvalue weighted by Crippen LogP contribution is 2.36. The van der Waals surface area contributed by atoms with E-state index in [0.29, 0.717) is 0 Å². The molecule has 3 nitrogen and oxygen atoms in total. The minimum Gasteiger partial charge on any atom is -0.500 e. The molecule has 184 valence electrons. The van der Waals surface area contributed by atoms with Gasteiger partial charge >= 0.3 is 0 Å². The molecule has 4 rings (SSSR count). The monoisotopic (exact) mass is 486 g/mol. The van der Waals surface area contributed by atoms with Crippen LogP contribution in [0.3, 0.4) is 0 Å². The number of hydrogen-bond donors (Lipinski definition) is 1. The second kappa shape index (κ2) is 12.7. The summed E-state index contributed by atoms with van der Waals surface area (Å²) in [6.45, 7) is 4.49. The molecule has 2 aromatic carbocycles. The van der Waals surface area contributed by atoms with Crippen LogP contribution in [0, 0.1) is 0 Å². The maximum absolute atomic E-state index is 5.65. The molecule has 1 aromatic heterocycles. The van der Waals surface area contributed by atoms with Crippen molar-refractivity contribution in [2.24, 2.45) is 0 Å². The van der Waals surface area contributed by atoms with E-state index < -0.39 is 0 Å². The van der Waals surface area contributed by atoms with E-state index in [-0.39, 0.29) is 12.0 Å². The van der Waals surface area contributed by atoms with Gasteiger partial charge in [-0.15, -0.1) is 11.3 Å². The number of hydrogen-bond acceptors (Lipinski definition) is 4. The van der Waals surface area contributed by atoms with Crippen LogP contribution in [-0.2, 0) is 17.6 Å². The van der Waals surface area contributed by atoms with Crippen LogP contribution < -0.4 is 5.32 Å². The molecule has 0 fully saturated rings. The van der Waals surface area contributed by atoms with Gasteiger partial charge in [0.25, 0.3) is 0 Å². The number of aryl methyl sites for hydroxylation is 2. The van der Waals surface area contributed by atoms with Gasteiger partial charge in [0.15, 0.2) is 0 Å². The number of allylic oxidation sites excluding steroid dienone is 4. The Bertz CT molecular complexity index is 1110. The first kappa shape index (κ1) is 25.2. The number of nitrogens with one attached hydrogen (secondary N) is 1. The van der Waals surface area contributed by atoms with Crippen molar-refractivity contribution >= 4 is 17.0 Å². The molecule has 0 spiro atoms. The van der Waals surface area contributed by atoms with Crippen molar-refractivity contribution in [1.29, 1.82) is 0 Å². The summed E-state index contributed by atoms with van der Waals surface area (Å²) in [5.74, 6) is 1.17. The Morgan fingerprint density at radius 3 is 2.26 bits per heavy atom. The molecule has 2 atom stereocenters. The number of rotatable bonds is 12. The highest BCUT2D eigenvalue weighted by Gasteiger charge is 2.24. The minimum absolute atomic E-state index is 0.00424. The van der Waals surface area contributed by atoms with Crippen molar-refractivity contribution in [2.45, 2.75) is 70.8 Å². The minimum atomic E-state index is 0.00424. The number of aromatic nitrogens is 1. The van der Waals surface area contributed by atoms with E-state index in [1.807, 2.05) is 0 Å². The van der Waals surface area contributed by atoms with Crippen LogP contribution in [0.4, 0.5) is 5.69 Å². The maximum Gasteiger partial charge on any atom is 0.120 e. The van der Waals surface area contributed by atoms with Crippen LogP contribution in [-0.4, -0.2) is 12.1 Å². The van der Waals surface area contributed by atoms with E-state index in [1.54, 1.807) is 18.4 Å². The van der Waals surface area contributed by atoms with Crippen LogP contribution >= 0.6 is 11.3 Å². The highest BCUT2D eigenvalue weighted by molar-refractivity contribution is 7.09. The lowest BCUT2D eigenvalue weighted by Crippen LogP contribution is -2.13. The molecule has 1 aliphatic carbocycles. The van der Waals surface area contributed by atoms with Crippen molar-refractivity contribution in [2.75, 3.05) is 12.4 Å². The van der Waals surface area contributed by atoms with E-state index in [9.17, 15) is 0 Å². The Balaban J connectivity index is 1.60. The number of thiazole rings is 1. The van der Waals surface area contributed by atoms with Crippen molar-refractivity contribution in [3.63, 3.8) is 0 Å². The number of ether oxygens (including phenoxy) is 1. The molecular formula is C31H38N2OS. The van der Waals surface area contributed by atoms with Gasteiger partial charge in [-0.3, -0.25) is 0 Å². The normalized spacial score (nSPS) is 16.1. The molecule has 1 heterocycles. The SMILES string of the molecule is CCCCc1ccc(NC(c2ccc(CCCC)cc2)c2nc(C3CC=CC=C3OC)cs2)cc1. The molecule has 0 radical (unpaired) electrons. The van der Waals surface area contributed by atoms with Gasteiger partial charge in [0.2, 0.25) is 0 Å². The number of methoxy groups -OCH3 is 1. The molecule has 0 saturated heterocycles. The smallest absolute Gasteiger partial charge is 0.120 e. The molecule has 1 aliphatic rings. The van der Waals surface area contributed by atoms with E-state index in [2.05, 4.69) is 91.3 Å². The van der Waals surface area contributed by atoms with Gasteiger partial charge in [-0.25, -0.2) is 4.98 Å². The van der Waals surface area contributed by atoms with E-state index in [0.717, 1.165) is 41.4 Å². The summed E-state index contributed by atoms with van der Waals surface area (Å²) in [7, 11) is 1.75. The first-order chi connectivity index (χ1) is 17.2. The average molecular weight is 487 g/mol. The summed E-state index contributed by atoms with van der Waals surface area (Å²) >= 11 is 1.73. The van der Waals surface area contributed by atoms with Crippen LogP contribution in [0.2, 0.25) is 0 Å². The van der Waals surface area contributed by atoms with Crippen LogP contribution in [0.1, 0.15) is 85.3 Å². The fraction of sp³-hybridized carbons (Fsp3) is 0.387. The van der Waals surface area contributed by atoms with Gasteiger partial charge in [-0.2, -0.15) is 0 Å². The molecule has 35 heavy (non-hydrogen) atoms. The second-order valence-electron chi connectivity index (χ2n) is 9.32. The standard InChI is InChI=1S/C31H38N2OS/c1-4-6-10-23-14-18-25(19-15-23)30(32-26-20-16-24(17-21-26)11-7-5-2)31-33-28(22-35-31)27-12-8-9-13-29(27)34-3/h8-9,13-22,27,30,32H,4-7,10-12H2,1-3H3. The maximum atomic E-state index is 5.65. The largest absolute Gasteiger partial charge is 0.500 e. The zero-order valence-electron chi connectivity index (χ0n) is 21.3. The Morgan fingerprint density at radius 2 is 1.63 bits per heavy atom. The Morgan fingerprint density at radius 1 is 0.971 bits per heavy atom. The molecule has 0 saturated carbocycles. The molecule has 1 N–H and O–H groups in total. The van der Waals surface area contributed by atoms with Gasteiger partial charge in [-0.1, -0.05) is 75.2 Å². The Labute approximate surface area is 215 Å². The van der Waals surface area contributed by atoms with E-state index >= 15 is 0 Å². The van der Waals surface area contributed by atoms with Crippen molar-refractivity contribution in [1.82, 2.24) is 4.98 Å². The first-order valence-electron chi connectivity index (χ1n) is 13.0. The highest BCUT2D eigenvalue weighted by atomic mass is 32.1. The van der Waals surface area contributed by atoms with E-state index in [4.69, 9.17) is 9.72 Å². The molecule has 0 bridgehead atoms. The molecular weight excluding hydrogens is 448 g/mol. The lowest BCUT2D eigenvalue weighted by Gasteiger charge is -2.20. The summed E-state index contributed by atoms with van der Waals surface area (Å²) < 4.78 is 5.65. The summed E-state index contributed by atoms with van der Waals surface area (Å²) in [6.07, 6.45) is 14.4. The van der Waals surface area contributed by atoms with Gasteiger partial charge in [0.1, 0.15) is 16.8 Å². The third kappa shape index (κ3) is 6.64. The average Bonchev–Trinajstić information content (AvgIpc) is 3.40. The van der Waals surface area contributed by atoms with Crippen molar-refractivity contribution in [3.8, 4) is 0 Å². The number of nitrogens with zero attached hydrogens (tertiary/aromatic N) is 1. The predicted molar refractivity (Wildman–Crippen MR) is 149 cm³/mol. The predicted octanol–water partition coefficient (Wildman–Crippen LogP) is 8.60. The third-order valence-electron chi connectivity index (χ3n) is 6.71. The topological polar surface area (TPSA) is 34.2 Å². The fourth-order valence-corrected chi connectivity index (χ4v) is 5.49. The van der Waals surface area contributed by atoms with Crippen molar-refractivity contribution < 1.29 is 4.74 Å². The van der Waals surface area contributed by atoms with Crippen LogP contribution in [0.5, 0.6) is 0 Å². The first-order valence-corrected chi connectivity index (χ1v) is 13.9. The Hall–Kier alpha value is -2.85. The summed E-state index contributed by atoms with van der Waals surface area (Å²) in [4.78, 5) is 5.14.